The highest BCUT2D eigenvalue weighted by Crippen LogP contribution is 2.28. The zero-order valence-corrected chi connectivity index (χ0v) is 11.5. The van der Waals surface area contributed by atoms with Crippen LogP contribution in [0.25, 0.3) is 0 Å². The first-order chi connectivity index (χ1) is 8.57. The van der Waals surface area contributed by atoms with Gasteiger partial charge in [-0.3, -0.25) is 4.79 Å². The average molecular weight is 255 g/mol. The van der Waals surface area contributed by atoms with E-state index >= 15 is 0 Å². The van der Waals surface area contributed by atoms with Crippen molar-refractivity contribution in [2.75, 3.05) is 53.5 Å². The van der Waals surface area contributed by atoms with Gasteiger partial charge in [-0.25, -0.2) is 0 Å². The van der Waals surface area contributed by atoms with Gasteiger partial charge in [0.25, 0.3) is 0 Å². The van der Waals surface area contributed by atoms with Crippen molar-refractivity contribution in [1.29, 1.82) is 0 Å². The van der Waals surface area contributed by atoms with Crippen LogP contribution in [0.2, 0.25) is 0 Å². The fraction of sp³-hybridized carbons (Fsp3) is 0.923. The number of carbonyl (C=O) groups excluding carboxylic acids is 1. The van der Waals surface area contributed by atoms with Crippen molar-refractivity contribution < 1.29 is 9.53 Å². The number of hydrogen-bond donors (Lipinski definition) is 1. The first kappa shape index (κ1) is 13.8. The van der Waals surface area contributed by atoms with E-state index in [2.05, 4.69) is 11.9 Å². The molecule has 0 aromatic heterocycles. The Morgan fingerprint density at radius 1 is 1.56 bits per heavy atom. The lowest BCUT2D eigenvalue weighted by Crippen LogP contribution is -2.58. The van der Waals surface area contributed by atoms with Gasteiger partial charge < -0.3 is 20.3 Å². The van der Waals surface area contributed by atoms with Crippen LogP contribution in [0.5, 0.6) is 0 Å². The van der Waals surface area contributed by atoms with Crippen molar-refractivity contribution in [1.82, 2.24) is 9.80 Å². The Morgan fingerprint density at radius 3 is 2.72 bits per heavy atom. The summed E-state index contributed by atoms with van der Waals surface area (Å²) in [4.78, 5) is 16.5. The van der Waals surface area contributed by atoms with Crippen molar-refractivity contribution in [2.24, 2.45) is 17.1 Å². The minimum Gasteiger partial charge on any atom is -0.379 e. The van der Waals surface area contributed by atoms with Crippen LogP contribution >= 0.6 is 0 Å². The van der Waals surface area contributed by atoms with Crippen molar-refractivity contribution in [3.05, 3.63) is 0 Å². The molecule has 0 bridgehead atoms. The number of carbonyl (C=O) groups is 1. The topological polar surface area (TPSA) is 58.8 Å². The van der Waals surface area contributed by atoms with Crippen LogP contribution in [0.15, 0.2) is 0 Å². The van der Waals surface area contributed by atoms with Gasteiger partial charge in [0.1, 0.15) is 5.41 Å². The summed E-state index contributed by atoms with van der Waals surface area (Å²) < 4.78 is 5.16. The van der Waals surface area contributed by atoms with E-state index in [1.54, 1.807) is 0 Å². The maximum absolute atomic E-state index is 12.3. The Balaban J connectivity index is 1.77. The SMILES string of the molecule is CN1CCC(CCN(C)C(=O)C2(CN)COC2)C1. The van der Waals surface area contributed by atoms with Crippen molar-refractivity contribution >= 4 is 5.91 Å². The molecule has 1 unspecified atom stereocenters. The molecule has 2 saturated heterocycles. The molecule has 1 amide bonds. The molecule has 2 aliphatic rings. The molecule has 0 radical (unpaired) electrons. The van der Waals surface area contributed by atoms with Gasteiger partial charge in [-0.2, -0.15) is 0 Å². The molecule has 5 nitrogen and oxygen atoms in total. The molecule has 0 aliphatic carbocycles. The van der Waals surface area contributed by atoms with Crippen LogP contribution < -0.4 is 5.73 Å². The molecule has 2 aliphatic heterocycles. The number of amides is 1. The molecular weight excluding hydrogens is 230 g/mol. The van der Waals surface area contributed by atoms with Gasteiger partial charge in [-0.05, 0) is 32.4 Å². The second-order valence-corrected chi connectivity index (χ2v) is 5.91. The van der Waals surface area contributed by atoms with Crippen LogP contribution in [-0.2, 0) is 9.53 Å². The van der Waals surface area contributed by atoms with E-state index < -0.39 is 5.41 Å². The zero-order valence-electron chi connectivity index (χ0n) is 11.5. The van der Waals surface area contributed by atoms with E-state index in [9.17, 15) is 4.79 Å². The van der Waals surface area contributed by atoms with Crippen LogP contribution in [0, 0.1) is 11.3 Å². The number of rotatable bonds is 5. The van der Waals surface area contributed by atoms with Crippen molar-refractivity contribution in [2.45, 2.75) is 12.8 Å². The third-order valence-corrected chi connectivity index (χ3v) is 4.31. The molecule has 5 heteroatoms. The summed E-state index contributed by atoms with van der Waals surface area (Å²) >= 11 is 0. The molecule has 0 aromatic carbocycles. The minimum atomic E-state index is -0.429. The van der Waals surface area contributed by atoms with Crippen LogP contribution in [0.4, 0.5) is 0 Å². The summed E-state index contributed by atoms with van der Waals surface area (Å²) in [6.07, 6.45) is 2.35. The van der Waals surface area contributed by atoms with Gasteiger partial charge in [-0.1, -0.05) is 0 Å². The van der Waals surface area contributed by atoms with Gasteiger partial charge in [-0.15, -0.1) is 0 Å². The molecule has 2 heterocycles. The fourth-order valence-corrected chi connectivity index (χ4v) is 2.82. The Kier molecular flexibility index (Phi) is 4.25. The lowest BCUT2D eigenvalue weighted by Gasteiger charge is -2.41. The van der Waals surface area contributed by atoms with Gasteiger partial charge in [0, 0.05) is 26.7 Å². The van der Waals surface area contributed by atoms with E-state index in [1.807, 2.05) is 11.9 Å². The first-order valence-corrected chi connectivity index (χ1v) is 6.79. The van der Waals surface area contributed by atoms with Crippen LogP contribution in [0.1, 0.15) is 12.8 Å². The highest BCUT2D eigenvalue weighted by atomic mass is 16.5. The summed E-state index contributed by atoms with van der Waals surface area (Å²) in [7, 11) is 4.04. The Morgan fingerprint density at radius 2 is 2.28 bits per heavy atom. The Hall–Kier alpha value is -0.650. The molecule has 18 heavy (non-hydrogen) atoms. The van der Waals surface area contributed by atoms with E-state index in [1.165, 1.54) is 13.0 Å². The maximum atomic E-state index is 12.3. The largest absolute Gasteiger partial charge is 0.379 e. The minimum absolute atomic E-state index is 0.155. The normalized spacial score (nSPS) is 26.9. The van der Waals surface area contributed by atoms with Gasteiger partial charge in [0.15, 0.2) is 0 Å². The van der Waals surface area contributed by atoms with Gasteiger partial charge in [0.05, 0.1) is 13.2 Å². The molecule has 2 fully saturated rings. The zero-order chi connectivity index (χ0) is 13.2. The molecule has 2 N–H and O–H groups in total. The molecule has 0 spiro atoms. The number of hydrogen-bond acceptors (Lipinski definition) is 4. The second-order valence-electron chi connectivity index (χ2n) is 5.91. The predicted molar refractivity (Wildman–Crippen MR) is 70.2 cm³/mol. The molecule has 0 aromatic rings. The monoisotopic (exact) mass is 255 g/mol. The van der Waals surface area contributed by atoms with Gasteiger partial charge >= 0.3 is 0 Å². The molecular formula is C13H25N3O2. The number of nitrogens with two attached hydrogens (primary N) is 1. The lowest BCUT2D eigenvalue weighted by molar-refractivity contribution is -0.169. The quantitative estimate of drug-likeness (QED) is 0.737. The third-order valence-electron chi connectivity index (χ3n) is 4.31. The molecule has 1 atom stereocenters. The van der Waals surface area contributed by atoms with Gasteiger partial charge in [0.2, 0.25) is 5.91 Å². The van der Waals surface area contributed by atoms with Crippen molar-refractivity contribution in [3.63, 3.8) is 0 Å². The highest BCUT2D eigenvalue weighted by Gasteiger charge is 2.46. The highest BCUT2D eigenvalue weighted by molar-refractivity contribution is 5.83. The van der Waals surface area contributed by atoms with E-state index in [0.29, 0.717) is 19.8 Å². The fourth-order valence-electron chi connectivity index (χ4n) is 2.82. The Bertz CT molecular complexity index is 299. The maximum Gasteiger partial charge on any atom is 0.234 e. The first-order valence-electron chi connectivity index (χ1n) is 6.79. The third kappa shape index (κ3) is 2.68. The molecule has 0 saturated carbocycles. The summed E-state index contributed by atoms with van der Waals surface area (Å²) in [5.41, 5.74) is 5.28. The second kappa shape index (κ2) is 5.55. The smallest absolute Gasteiger partial charge is 0.234 e. The van der Waals surface area contributed by atoms with Crippen LogP contribution in [0.3, 0.4) is 0 Å². The predicted octanol–water partition coefficient (Wildman–Crippen LogP) is -0.238. The average Bonchev–Trinajstić information content (AvgIpc) is 2.71. The van der Waals surface area contributed by atoms with E-state index in [-0.39, 0.29) is 5.91 Å². The summed E-state index contributed by atoms with van der Waals surface area (Å²) in [5.74, 6) is 0.888. The number of ether oxygens (including phenoxy) is 1. The Labute approximate surface area is 109 Å². The standard InChI is InChI=1S/C13H25N3O2/c1-15-5-3-11(7-15)4-6-16(2)12(17)13(8-14)9-18-10-13/h11H,3-10,14H2,1-2H3. The number of nitrogens with zero attached hydrogens (tertiary/aromatic N) is 2. The van der Waals surface area contributed by atoms with Crippen LogP contribution in [-0.4, -0.2) is 69.2 Å². The summed E-state index contributed by atoms with van der Waals surface area (Å²) in [6, 6.07) is 0. The van der Waals surface area contributed by atoms with E-state index in [4.69, 9.17) is 10.5 Å². The lowest BCUT2D eigenvalue weighted by atomic mass is 9.84. The molecule has 104 valence electrons. The van der Waals surface area contributed by atoms with Crippen molar-refractivity contribution in [3.8, 4) is 0 Å². The number of likely N-dealkylation sites (tertiary alicyclic amines) is 1. The summed E-state index contributed by atoms with van der Waals surface area (Å²) in [5, 5.41) is 0. The summed E-state index contributed by atoms with van der Waals surface area (Å²) in [6.45, 7) is 4.54. The van der Waals surface area contributed by atoms with E-state index in [0.717, 1.165) is 25.4 Å². The molecule has 2 rings (SSSR count).